The van der Waals surface area contributed by atoms with Gasteiger partial charge in [-0.25, -0.2) is 0 Å². The van der Waals surface area contributed by atoms with Crippen LogP contribution in [0.2, 0.25) is 0 Å². The number of aromatic nitrogens is 1. The van der Waals surface area contributed by atoms with Crippen molar-refractivity contribution in [3.63, 3.8) is 0 Å². The third kappa shape index (κ3) is 2.46. The summed E-state index contributed by atoms with van der Waals surface area (Å²) in [5, 5.41) is 7.22. The maximum Gasteiger partial charge on any atom is 0.235 e. The third-order valence-corrected chi connectivity index (χ3v) is 4.83. The van der Waals surface area contributed by atoms with E-state index in [2.05, 4.69) is 15.4 Å². The minimum atomic E-state index is -0.472. The van der Waals surface area contributed by atoms with Crippen LogP contribution in [0, 0.1) is 5.92 Å². The number of hydrogen-bond donors (Lipinski definition) is 1. The van der Waals surface area contributed by atoms with E-state index < -0.39 is 5.92 Å². The van der Waals surface area contributed by atoms with Gasteiger partial charge in [-0.05, 0) is 31.0 Å². The summed E-state index contributed by atoms with van der Waals surface area (Å²) in [5.74, 6) is -0.978. The number of nitrogens with one attached hydrogen (secondary N) is 1. The molecule has 1 unspecified atom stereocenters. The van der Waals surface area contributed by atoms with Crippen LogP contribution in [0.3, 0.4) is 0 Å². The largest absolute Gasteiger partial charge is 0.371 e. The zero-order chi connectivity index (χ0) is 16.7. The molecule has 0 radical (unpaired) electrons. The molecule has 0 aliphatic carbocycles. The molecule has 2 amide bonds. The van der Waals surface area contributed by atoms with Crippen molar-refractivity contribution in [3.05, 3.63) is 23.9 Å². The molecule has 7 nitrogen and oxygen atoms in total. The van der Waals surface area contributed by atoms with Gasteiger partial charge in [0, 0.05) is 36.5 Å². The van der Waals surface area contributed by atoms with Gasteiger partial charge in [-0.15, -0.1) is 0 Å². The average Bonchev–Trinajstić information content (AvgIpc) is 3.21. The molecule has 2 atom stereocenters. The summed E-state index contributed by atoms with van der Waals surface area (Å²) in [5.41, 5.74) is 2.18. The van der Waals surface area contributed by atoms with Crippen molar-refractivity contribution >= 4 is 34.8 Å². The maximum absolute atomic E-state index is 12.1. The van der Waals surface area contributed by atoms with Crippen LogP contribution in [0.1, 0.15) is 30.9 Å². The summed E-state index contributed by atoms with van der Waals surface area (Å²) in [7, 11) is 0. The van der Waals surface area contributed by atoms with E-state index in [1.165, 1.54) is 0 Å². The second kappa shape index (κ2) is 5.74. The summed E-state index contributed by atoms with van der Waals surface area (Å²) >= 11 is 0. The fourth-order valence-corrected chi connectivity index (χ4v) is 3.48. The number of amides is 2. The highest BCUT2D eigenvalue weighted by molar-refractivity contribution is 6.02. The smallest absolute Gasteiger partial charge is 0.235 e. The summed E-state index contributed by atoms with van der Waals surface area (Å²) in [6.07, 6.45) is 2.60. The van der Waals surface area contributed by atoms with Crippen molar-refractivity contribution in [2.45, 2.75) is 25.2 Å². The zero-order valence-corrected chi connectivity index (χ0v) is 13.0. The molecule has 1 N–H and O–H groups in total. The van der Waals surface area contributed by atoms with Crippen LogP contribution in [0.4, 0.5) is 5.69 Å². The van der Waals surface area contributed by atoms with E-state index in [0.717, 1.165) is 30.3 Å². The van der Waals surface area contributed by atoms with E-state index in [-0.39, 0.29) is 17.7 Å². The Labute approximate surface area is 138 Å². The fourth-order valence-electron chi connectivity index (χ4n) is 3.48. The van der Waals surface area contributed by atoms with E-state index in [0.29, 0.717) is 30.7 Å². The lowest BCUT2D eigenvalue weighted by atomic mass is 9.92. The number of nitrogens with zero attached hydrogens (tertiary/aromatic N) is 2. The number of aldehydes is 1. The van der Waals surface area contributed by atoms with Gasteiger partial charge in [0.05, 0.1) is 5.92 Å². The monoisotopic (exact) mass is 327 g/mol. The van der Waals surface area contributed by atoms with Gasteiger partial charge in [-0.2, -0.15) is 0 Å². The van der Waals surface area contributed by atoms with Crippen molar-refractivity contribution in [3.8, 4) is 0 Å². The van der Waals surface area contributed by atoms with Crippen molar-refractivity contribution in [2.24, 2.45) is 5.92 Å². The summed E-state index contributed by atoms with van der Waals surface area (Å²) in [6, 6.07) is 5.73. The predicted molar refractivity (Wildman–Crippen MR) is 85.5 cm³/mol. The Balaban J connectivity index is 1.68. The fraction of sp³-hybridized carbons (Fsp3) is 0.412. The van der Waals surface area contributed by atoms with Gasteiger partial charge in [-0.1, -0.05) is 5.16 Å². The van der Waals surface area contributed by atoms with Gasteiger partial charge in [0.2, 0.25) is 11.8 Å². The lowest BCUT2D eigenvalue weighted by Crippen LogP contribution is -2.39. The van der Waals surface area contributed by atoms with Crippen LogP contribution in [0.5, 0.6) is 0 Å². The van der Waals surface area contributed by atoms with E-state index in [4.69, 9.17) is 4.52 Å². The summed E-state index contributed by atoms with van der Waals surface area (Å²) < 4.78 is 5.35. The molecule has 124 valence electrons. The number of carbonyl (C=O) groups excluding carboxylic acids is 3. The molecule has 1 aromatic heterocycles. The second-order valence-electron chi connectivity index (χ2n) is 6.38. The molecule has 2 aliphatic rings. The Morgan fingerprint density at radius 1 is 1.29 bits per heavy atom. The third-order valence-electron chi connectivity index (χ3n) is 4.83. The molecule has 2 aromatic rings. The molecule has 2 fully saturated rings. The number of fused-ring (bicyclic) bond motifs is 1. The zero-order valence-electron chi connectivity index (χ0n) is 13.0. The van der Waals surface area contributed by atoms with Crippen LogP contribution < -0.4 is 10.2 Å². The van der Waals surface area contributed by atoms with Crippen LogP contribution in [-0.2, 0) is 14.4 Å². The molecular weight excluding hydrogens is 310 g/mol. The van der Waals surface area contributed by atoms with Gasteiger partial charge >= 0.3 is 0 Å². The average molecular weight is 327 g/mol. The topological polar surface area (TPSA) is 92.5 Å². The van der Waals surface area contributed by atoms with E-state index in [1.807, 2.05) is 18.2 Å². The van der Waals surface area contributed by atoms with Gasteiger partial charge in [0.15, 0.2) is 5.58 Å². The van der Waals surface area contributed by atoms with Crippen molar-refractivity contribution in [1.29, 1.82) is 0 Å². The lowest BCUT2D eigenvalue weighted by Gasteiger charge is -2.20. The Morgan fingerprint density at radius 3 is 2.92 bits per heavy atom. The minimum absolute atomic E-state index is 0.0674. The van der Waals surface area contributed by atoms with E-state index in [9.17, 15) is 14.4 Å². The normalized spacial score (nSPS) is 24.4. The molecule has 7 heteroatoms. The summed E-state index contributed by atoms with van der Waals surface area (Å²) in [4.78, 5) is 36.5. The van der Waals surface area contributed by atoms with Crippen molar-refractivity contribution in [1.82, 2.24) is 10.5 Å². The molecule has 2 saturated heterocycles. The number of hydrogen-bond acceptors (Lipinski definition) is 6. The minimum Gasteiger partial charge on any atom is -0.371 e. The predicted octanol–water partition coefficient (Wildman–Crippen LogP) is 1.37. The highest BCUT2D eigenvalue weighted by Crippen LogP contribution is 2.33. The first kappa shape index (κ1) is 14.9. The van der Waals surface area contributed by atoms with Gasteiger partial charge in [0.25, 0.3) is 0 Å². The number of rotatable bonds is 3. The quantitative estimate of drug-likeness (QED) is 0.676. The standard InChI is InChI=1S/C17H17N3O4/c21-9-10-5-6-20(8-10)11-1-3-14-13(7-11)16(19-24-14)12-2-4-15(22)18-17(12)23/h1,3,7,9-10,12H,2,4-6,8H2,(H,18,22,23)/t10-,12?/m0/s1. The van der Waals surface area contributed by atoms with Gasteiger partial charge in [-0.3, -0.25) is 14.9 Å². The molecule has 0 spiro atoms. The number of imide groups is 1. The molecule has 0 bridgehead atoms. The Kier molecular flexibility index (Phi) is 3.55. The molecule has 3 heterocycles. The first-order chi connectivity index (χ1) is 11.7. The molecule has 24 heavy (non-hydrogen) atoms. The first-order valence-corrected chi connectivity index (χ1v) is 8.09. The van der Waals surface area contributed by atoms with E-state index >= 15 is 0 Å². The number of carbonyl (C=O) groups is 3. The second-order valence-corrected chi connectivity index (χ2v) is 6.38. The van der Waals surface area contributed by atoms with E-state index in [1.54, 1.807) is 0 Å². The maximum atomic E-state index is 12.1. The SMILES string of the molecule is O=C[C@H]1CCN(c2ccc3onc(C4CCC(=O)NC4=O)c3c2)C1. The van der Waals surface area contributed by atoms with Crippen LogP contribution in [0.25, 0.3) is 11.0 Å². The number of piperidine rings is 1. The lowest BCUT2D eigenvalue weighted by molar-refractivity contribution is -0.134. The van der Waals surface area contributed by atoms with Crippen LogP contribution >= 0.6 is 0 Å². The Hall–Kier alpha value is -2.70. The van der Waals surface area contributed by atoms with Crippen molar-refractivity contribution in [2.75, 3.05) is 18.0 Å². The first-order valence-electron chi connectivity index (χ1n) is 8.09. The number of anilines is 1. The highest BCUT2D eigenvalue weighted by atomic mass is 16.5. The molecule has 4 rings (SSSR count). The van der Waals surface area contributed by atoms with Gasteiger partial charge in [0.1, 0.15) is 12.0 Å². The molecular formula is C17H17N3O4. The Bertz CT molecular complexity index is 828. The summed E-state index contributed by atoms with van der Waals surface area (Å²) in [6.45, 7) is 1.53. The molecule has 0 saturated carbocycles. The van der Waals surface area contributed by atoms with Gasteiger partial charge < -0.3 is 14.2 Å². The van der Waals surface area contributed by atoms with Crippen LogP contribution in [-0.4, -0.2) is 36.3 Å². The van der Waals surface area contributed by atoms with Crippen molar-refractivity contribution < 1.29 is 18.9 Å². The van der Waals surface area contributed by atoms with Crippen LogP contribution in [0.15, 0.2) is 22.7 Å². The highest BCUT2D eigenvalue weighted by Gasteiger charge is 2.32. The number of benzene rings is 1. The molecule has 2 aliphatic heterocycles. The molecule has 1 aromatic carbocycles. The Morgan fingerprint density at radius 2 is 2.17 bits per heavy atom.